The zero-order chi connectivity index (χ0) is 11.5. The number of rotatable bonds is 3. The number of benzene rings is 1. The summed E-state index contributed by atoms with van der Waals surface area (Å²) in [4.78, 5) is 16.4. The van der Waals surface area contributed by atoms with Gasteiger partial charge in [-0.2, -0.15) is 0 Å². The van der Waals surface area contributed by atoms with Crippen LogP contribution < -0.4 is 0 Å². The fourth-order valence-corrected chi connectivity index (χ4v) is 1.96. The lowest BCUT2D eigenvalue weighted by Gasteiger charge is -2.01. The minimum atomic E-state index is 0.608. The Hall–Kier alpha value is -1.55. The predicted octanol–water partition coefficient (Wildman–Crippen LogP) is 2.62. The minimum absolute atomic E-state index is 0.608. The third-order valence-electron chi connectivity index (χ3n) is 2.46. The van der Waals surface area contributed by atoms with Gasteiger partial charge in [0, 0.05) is 17.5 Å². The summed E-state index contributed by atoms with van der Waals surface area (Å²) in [6, 6.07) is 8.04. The molecule has 0 amide bonds. The number of aryl methyl sites for hydroxylation is 1. The van der Waals surface area contributed by atoms with E-state index in [-0.39, 0.29) is 0 Å². The number of aldehydes is 1. The molecule has 0 N–H and O–H groups in total. The molecule has 2 aromatic rings. The number of hydrogen-bond acceptors (Lipinski definition) is 3. The summed E-state index contributed by atoms with van der Waals surface area (Å²) in [5.74, 6) is 0. The Kier molecular flexibility index (Phi) is 3.10. The summed E-state index contributed by atoms with van der Waals surface area (Å²) in [5, 5.41) is 0. The number of nitrogens with zero attached hydrogens (tertiary/aromatic N) is 2. The van der Waals surface area contributed by atoms with Crippen molar-refractivity contribution in [2.45, 2.75) is 4.90 Å². The Morgan fingerprint density at radius 1 is 1.31 bits per heavy atom. The average Bonchev–Trinajstić information content (AvgIpc) is 2.70. The van der Waals surface area contributed by atoms with Crippen LogP contribution in [-0.4, -0.2) is 22.1 Å². The van der Waals surface area contributed by atoms with Crippen LogP contribution in [0.3, 0.4) is 0 Å². The average molecular weight is 232 g/mol. The van der Waals surface area contributed by atoms with E-state index in [2.05, 4.69) is 4.98 Å². The Morgan fingerprint density at radius 2 is 2.00 bits per heavy atom. The quantitative estimate of drug-likeness (QED) is 0.602. The second-order valence-corrected chi connectivity index (χ2v) is 4.32. The van der Waals surface area contributed by atoms with Gasteiger partial charge >= 0.3 is 0 Å². The molecule has 0 bridgehead atoms. The molecule has 1 aromatic carbocycles. The molecule has 0 fully saturated rings. The maximum atomic E-state index is 10.9. The molecule has 0 radical (unpaired) electrons. The number of thioether (sulfide) groups is 1. The molecule has 0 saturated heterocycles. The summed E-state index contributed by atoms with van der Waals surface area (Å²) in [6.45, 7) is 0. The number of carbonyl (C=O) groups is 1. The van der Waals surface area contributed by atoms with Gasteiger partial charge in [-0.25, -0.2) is 4.98 Å². The fourth-order valence-electron chi connectivity index (χ4n) is 1.55. The third-order valence-corrected chi connectivity index (χ3v) is 3.20. The Morgan fingerprint density at radius 3 is 2.56 bits per heavy atom. The zero-order valence-corrected chi connectivity index (χ0v) is 9.99. The van der Waals surface area contributed by atoms with E-state index >= 15 is 0 Å². The molecule has 0 atom stereocenters. The van der Waals surface area contributed by atoms with Crippen molar-refractivity contribution in [2.24, 2.45) is 7.05 Å². The van der Waals surface area contributed by atoms with Crippen LogP contribution in [0.4, 0.5) is 0 Å². The van der Waals surface area contributed by atoms with Gasteiger partial charge in [0.25, 0.3) is 0 Å². The largest absolute Gasteiger partial charge is 0.331 e. The fraction of sp³-hybridized carbons (Fsp3) is 0.167. The van der Waals surface area contributed by atoms with E-state index in [0.29, 0.717) is 5.69 Å². The van der Waals surface area contributed by atoms with Crippen molar-refractivity contribution in [2.75, 3.05) is 6.26 Å². The van der Waals surface area contributed by atoms with Crippen LogP contribution in [0.1, 0.15) is 10.5 Å². The van der Waals surface area contributed by atoms with Crippen LogP contribution in [0, 0.1) is 0 Å². The maximum Gasteiger partial charge on any atom is 0.168 e. The van der Waals surface area contributed by atoms with E-state index in [0.717, 1.165) is 17.5 Å². The summed E-state index contributed by atoms with van der Waals surface area (Å²) >= 11 is 1.69. The molecule has 4 heteroatoms. The number of aromatic nitrogens is 2. The smallest absolute Gasteiger partial charge is 0.168 e. The molecule has 0 spiro atoms. The Balaban J connectivity index is 2.46. The van der Waals surface area contributed by atoms with Gasteiger partial charge in [-0.05, 0) is 18.4 Å². The van der Waals surface area contributed by atoms with E-state index in [9.17, 15) is 4.79 Å². The first-order valence-corrected chi connectivity index (χ1v) is 6.09. The Labute approximate surface area is 98.5 Å². The first-order chi connectivity index (χ1) is 7.76. The molecule has 1 aromatic heterocycles. The van der Waals surface area contributed by atoms with Gasteiger partial charge in [-0.15, -0.1) is 11.8 Å². The van der Waals surface area contributed by atoms with Crippen molar-refractivity contribution < 1.29 is 4.79 Å². The first-order valence-electron chi connectivity index (χ1n) is 4.87. The molecular weight excluding hydrogens is 220 g/mol. The lowest BCUT2D eigenvalue weighted by atomic mass is 10.1. The van der Waals surface area contributed by atoms with Gasteiger partial charge < -0.3 is 4.57 Å². The highest BCUT2D eigenvalue weighted by atomic mass is 32.2. The molecule has 3 nitrogen and oxygen atoms in total. The zero-order valence-electron chi connectivity index (χ0n) is 9.18. The van der Waals surface area contributed by atoms with Crippen molar-refractivity contribution in [1.82, 2.24) is 9.55 Å². The monoisotopic (exact) mass is 232 g/mol. The third kappa shape index (κ3) is 1.88. The van der Waals surface area contributed by atoms with Crippen LogP contribution in [0.25, 0.3) is 11.3 Å². The van der Waals surface area contributed by atoms with Crippen molar-refractivity contribution in [3.05, 3.63) is 36.3 Å². The highest BCUT2D eigenvalue weighted by Gasteiger charge is 2.09. The molecule has 0 saturated carbocycles. The second kappa shape index (κ2) is 4.53. The molecule has 1 heterocycles. The summed E-state index contributed by atoms with van der Waals surface area (Å²) < 4.78 is 1.73. The predicted molar refractivity (Wildman–Crippen MR) is 65.8 cm³/mol. The van der Waals surface area contributed by atoms with E-state index in [1.807, 2.05) is 37.6 Å². The van der Waals surface area contributed by atoms with Gasteiger partial charge in [0.2, 0.25) is 0 Å². The molecule has 0 aliphatic heterocycles. The molecule has 16 heavy (non-hydrogen) atoms. The molecule has 0 aliphatic rings. The lowest BCUT2D eigenvalue weighted by molar-refractivity contribution is 0.111. The highest BCUT2D eigenvalue weighted by Crippen LogP contribution is 2.23. The normalized spacial score (nSPS) is 10.4. The number of hydrogen-bond donors (Lipinski definition) is 0. The van der Waals surface area contributed by atoms with Crippen LogP contribution >= 0.6 is 11.8 Å². The molecule has 82 valence electrons. The number of carbonyl (C=O) groups excluding carboxylic acids is 1. The van der Waals surface area contributed by atoms with E-state index < -0.39 is 0 Å². The molecule has 0 unspecified atom stereocenters. The Bertz CT molecular complexity index is 502. The van der Waals surface area contributed by atoms with Crippen LogP contribution in [0.15, 0.2) is 35.5 Å². The lowest BCUT2D eigenvalue weighted by Crippen LogP contribution is -1.94. The van der Waals surface area contributed by atoms with E-state index in [1.165, 1.54) is 4.90 Å². The van der Waals surface area contributed by atoms with Gasteiger partial charge in [-0.1, -0.05) is 12.1 Å². The van der Waals surface area contributed by atoms with Crippen molar-refractivity contribution >= 4 is 18.0 Å². The summed E-state index contributed by atoms with van der Waals surface area (Å²) in [5.41, 5.74) is 2.32. The van der Waals surface area contributed by atoms with Gasteiger partial charge in [-0.3, -0.25) is 4.79 Å². The van der Waals surface area contributed by atoms with E-state index in [4.69, 9.17) is 0 Å². The molecule has 2 rings (SSSR count). The summed E-state index contributed by atoms with van der Waals surface area (Å²) in [7, 11) is 1.82. The topological polar surface area (TPSA) is 34.9 Å². The van der Waals surface area contributed by atoms with Gasteiger partial charge in [0.05, 0.1) is 12.0 Å². The van der Waals surface area contributed by atoms with Crippen molar-refractivity contribution in [3.8, 4) is 11.3 Å². The highest BCUT2D eigenvalue weighted by molar-refractivity contribution is 7.98. The van der Waals surface area contributed by atoms with Crippen molar-refractivity contribution in [3.63, 3.8) is 0 Å². The number of imidazole rings is 1. The maximum absolute atomic E-state index is 10.9. The first kappa shape index (κ1) is 11.0. The molecule has 0 aliphatic carbocycles. The van der Waals surface area contributed by atoms with Crippen LogP contribution in [0.5, 0.6) is 0 Å². The van der Waals surface area contributed by atoms with Crippen LogP contribution in [0.2, 0.25) is 0 Å². The van der Waals surface area contributed by atoms with Gasteiger partial charge in [0.15, 0.2) is 6.29 Å². The van der Waals surface area contributed by atoms with Crippen LogP contribution in [-0.2, 0) is 7.05 Å². The van der Waals surface area contributed by atoms with Gasteiger partial charge in [0.1, 0.15) is 5.69 Å². The van der Waals surface area contributed by atoms with E-state index in [1.54, 1.807) is 22.7 Å². The minimum Gasteiger partial charge on any atom is -0.331 e. The van der Waals surface area contributed by atoms with Crippen molar-refractivity contribution in [1.29, 1.82) is 0 Å². The SMILES string of the molecule is CSc1ccc(-c2ncn(C)c2C=O)cc1. The summed E-state index contributed by atoms with van der Waals surface area (Å²) in [6.07, 6.45) is 4.53. The second-order valence-electron chi connectivity index (χ2n) is 3.44. The standard InChI is InChI=1S/C12H12N2OS/c1-14-8-13-12(11(14)7-15)9-3-5-10(16-2)6-4-9/h3-8H,1-2H3. The molecular formula is C12H12N2OS.